The normalized spacial score (nSPS) is 23.2. The van der Waals surface area contributed by atoms with Gasteiger partial charge in [0.05, 0.1) is 11.7 Å². The minimum Gasteiger partial charge on any atom is -0.487 e. The van der Waals surface area contributed by atoms with Gasteiger partial charge in [-0.05, 0) is 42.7 Å². The molecule has 2 aliphatic rings. The summed E-state index contributed by atoms with van der Waals surface area (Å²) in [7, 11) is -3.70. The van der Waals surface area contributed by atoms with Crippen LogP contribution in [0.1, 0.15) is 24.1 Å². The van der Waals surface area contributed by atoms with Gasteiger partial charge in [0.2, 0.25) is 10.0 Å². The van der Waals surface area contributed by atoms with Crippen molar-refractivity contribution in [2.24, 2.45) is 0 Å². The molecule has 6 nitrogen and oxygen atoms in total. The number of aromatic nitrogens is 1. The molecule has 5 rings (SSSR count). The van der Waals surface area contributed by atoms with E-state index in [2.05, 4.69) is 9.88 Å². The topological polar surface area (TPSA) is 62.7 Å². The lowest BCUT2D eigenvalue weighted by molar-refractivity contribution is 0.110. The first kappa shape index (κ1) is 21.1. The van der Waals surface area contributed by atoms with E-state index >= 15 is 0 Å². The second-order valence-corrected chi connectivity index (χ2v) is 10.2. The average molecular weight is 450 g/mol. The molecular formula is C25H27N3O3S. The van der Waals surface area contributed by atoms with Crippen molar-refractivity contribution < 1.29 is 13.2 Å². The maximum Gasteiger partial charge on any atom is 0.247 e. The molecule has 32 heavy (non-hydrogen) atoms. The Labute approximate surface area is 189 Å². The van der Waals surface area contributed by atoms with Crippen LogP contribution in [0, 0.1) is 0 Å². The van der Waals surface area contributed by atoms with Crippen molar-refractivity contribution in [1.29, 1.82) is 0 Å². The van der Waals surface area contributed by atoms with Crippen molar-refractivity contribution >= 4 is 10.0 Å². The SMILES string of the molecule is O=S1(=O)c2ccccc2O[C@@H]2CCN(Cc3ccccn3)CC[C@H]2N1Cc1ccccc1. The Balaban J connectivity index is 1.47. The predicted octanol–water partition coefficient (Wildman–Crippen LogP) is 3.70. The van der Waals surface area contributed by atoms with Crippen LogP contribution in [0.15, 0.2) is 83.9 Å². The molecule has 166 valence electrons. The first-order valence-corrected chi connectivity index (χ1v) is 12.5. The highest BCUT2D eigenvalue weighted by molar-refractivity contribution is 7.89. The molecule has 0 unspecified atom stereocenters. The van der Waals surface area contributed by atoms with Gasteiger partial charge in [0, 0.05) is 32.4 Å². The summed E-state index contributed by atoms with van der Waals surface area (Å²) in [5.41, 5.74) is 2.00. The molecule has 0 N–H and O–H groups in total. The van der Waals surface area contributed by atoms with Crippen molar-refractivity contribution in [2.75, 3.05) is 13.1 Å². The summed E-state index contributed by atoms with van der Waals surface area (Å²) in [5, 5.41) is 0. The molecule has 0 aliphatic carbocycles. The molecule has 2 aromatic carbocycles. The largest absolute Gasteiger partial charge is 0.487 e. The first-order valence-electron chi connectivity index (χ1n) is 11.0. The van der Waals surface area contributed by atoms with Crippen LogP contribution in [0.4, 0.5) is 0 Å². The summed E-state index contributed by atoms with van der Waals surface area (Å²) in [6.45, 7) is 2.71. The molecule has 1 aromatic heterocycles. The van der Waals surface area contributed by atoms with E-state index in [1.54, 1.807) is 22.5 Å². The van der Waals surface area contributed by atoms with Gasteiger partial charge in [-0.2, -0.15) is 4.31 Å². The van der Waals surface area contributed by atoms with Gasteiger partial charge in [0.15, 0.2) is 0 Å². The summed E-state index contributed by atoms with van der Waals surface area (Å²) >= 11 is 0. The van der Waals surface area contributed by atoms with Gasteiger partial charge in [-0.3, -0.25) is 9.88 Å². The van der Waals surface area contributed by atoms with Crippen LogP contribution in [0.3, 0.4) is 0 Å². The number of rotatable bonds is 4. The second kappa shape index (κ2) is 9.02. The van der Waals surface area contributed by atoms with E-state index in [1.807, 2.05) is 60.8 Å². The van der Waals surface area contributed by atoms with Crippen LogP contribution in [-0.2, 0) is 23.1 Å². The number of hydrogen-bond donors (Lipinski definition) is 0. The maximum atomic E-state index is 13.8. The zero-order valence-electron chi connectivity index (χ0n) is 17.9. The highest BCUT2D eigenvalue weighted by Gasteiger charge is 2.43. The van der Waals surface area contributed by atoms with Gasteiger partial charge in [0.1, 0.15) is 16.7 Å². The number of nitrogens with zero attached hydrogens (tertiary/aromatic N) is 3. The van der Waals surface area contributed by atoms with E-state index in [-0.39, 0.29) is 17.0 Å². The Morgan fingerprint density at radius 1 is 0.875 bits per heavy atom. The number of benzene rings is 2. The van der Waals surface area contributed by atoms with Crippen LogP contribution < -0.4 is 4.74 Å². The number of fused-ring (bicyclic) bond motifs is 2. The third-order valence-electron chi connectivity index (χ3n) is 6.28. The number of ether oxygens (including phenoxy) is 1. The minimum absolute atomic E-state index is 0.203. The highest BCUT2D eigenvalue weighted by Crippen LogP contribution is 2.37. The number of likely N-dealkylation sites (tertiary alicyclic amines) is 1. The van der Waals surface area contributed by atoms with Crippen LogP contribution >= 0.6 is 0 Å². The molecule has 0 radical (unpaired) electrons. The van der Waals surface area contributed by atoms with Crippen molar-refractivity contribution in [3.63, 3.8) is 0 Å². The zero-order valence-corrected chi connectivity index (χ0v) is 18.7. The summed E-state index contributed by atoms with van der Waals surface area (Å²) in [6.07, 6.45) is 3.07. The van der Waals surface area contributed by atoms with E-state index in [1.165, 1.54) is 0 Å². The van der Waals surface area contributed by atoms with Crippen molar-refractivity contribution in [1.82, 2.24) is 14.2 Å². The van der Waals surface area contributed by atoms with E-state index in [9.17, 15) is 8.42 Å². The van der Waals surface area contributed by atoms with E-state index in [0.29, 0.717) is 18.7 Å². The molecule has 0 amide bonds. The molecule has 3 aromatic rings. The fraction of sp³-hybridized carbons (Fsp3) is 0.320. The predicted molar refractivity (Wildman–Crippen MR) is 123 cm³/mol. The third-order valence-corrected chi connectivity index (χ3v) is 8.19. The molecule has 2 aliphatic heterocycles. The lowest BCUT2D eigenvalue weighted by Gasteiger charge is -2.32. The molecule has 0 saturated carbocycles. The Bertz CT molecular complexity index is 1160. The van der Waals surface area contributed by atoms with E-state index in [0.717, 1.165) is 37.3 Å². The monoisotopic (exact) mass is 449 g/mol. The Morgan fingerprint density at radius 2 is 1.62 bits per heavy atom. The van der Waals surface area contributed by atoms with Gasteiger partial charge < -0.3 is 4.74 Å². The average Bonchev–Trinajstić information content (AvgIpc) is 3.05. The molecular weight excluding hydrogens is 422 g/mol. The molecule has 7 heteroatoms. The Kier molecular flexibility index (Phi) is 5.95. The molecule has 0 bridgehead atoms. The minimum atomic E-state index is -3.70. The van der Waals surface area contributed by atoms with Crippen molar-refractivity contribution in [3.05, 3.63) is 90.3 Å². The zero-order chi connectivity index (χ0) is 22.0. The molecule has 2 atom stereocenters. The molecule has 3 heterocycles. The molecule has 1 fully saturated rings. The highest BCUT2D eigenvalue weighted by atomic mass is 32.2. The van der Waals surface area contributed by atoms with Gasteiger partial charge in [-0.1, -0.05) is 48.5 Å². The fourth-order valence-electron chi connectivity index (χ4n) is 4.65. The van der Waals surface area contributed by atoms with Crippen LogP contribution in [0.5, 0.6) is 5.75 Å². The lowest BCUT2D eigenvalue weighted by Crippen LogP contribution is -2.46. The summed E-state index contributed by atoms with van der Waals surface area (Å²) in [4.78, 5) is 7.06. The lowest BCUT2D eigenvalue weighted by atomic mass is 10.1. The maximum absolute atomic E-state index is 13.8. The molecule has 1 saturated heterocycles. The van der Waals surface area contributed by atoms with Gasteiger partial charge in [-0.25, -0.2) is 8.42 Å². The third kappa shape index (κ3) is 4.28. The van der Waals surface area contributed by atoms with Crippen LogP contribution in [-0.4, -0.2) is 47.8 Å². The van der Waals surface area contributed by atoms with Gasteiger partial charge in [-0.15, -0.1) is 0 Å². The van der Waals surface area contributed by atoms with E-state index < -0.39 is 10.0 Å². The fourth-order valence-corrected chi connectivity index (χ4v) is 6.44. The Hall–Kier alpha value is -2.74. The summed E-state index contributed by atoms with van der Waals surface area (Å²) < 4.78 is 35.6. The smallest absolute Gasteiger partial charge is 0.247 e. The van der Waals surface area contributed by atoms with Gasteiger partial charge >= 0.3 is 0 Å². The van der Waals surface area contributed by atoms with Gasteiger partial charge in [0.25, 0.3) is 0 Å². The second-order valence-electron chi connectivity index (χ2n) is 8.38. The standard InChI is InChI=1S/C25H27N3O3S/c29-32(30)25-12-5-4-11-24(25)31-23-14-17-27(19-21-10-6-7-15-26-21)16-13-22(23)28(32)18-20-8-2-1-3-9-20/h1-12,15,22-23H,13-14,16-19H2/t22-,23-/m1/s1. The Morgan fingerprint density at radius 3 is 2.44 bits per heavy atom. The number of hydrogen-bond acceptors (Lipinski definition) is 5. The van der Waals surface area contributed by atoms with Crippen molar-refractivity contribution in [3.8, 4) is 5.75 Å². The summed E-state index contributed by atoms with van der Waals surface area (Å²) in [5.74, 6) is 0.455. The number of para-hydroxylation sites is 1. The van der Waals surface area contributed by atoms with Crippen LogP contribution in [0.25, 0.3) is 0 Å². The van der Waals surface area contributed by atoms with Crippen molar-refractivity contribution in [2.45, 2.75) is 43.0 Å². The number of pyridine rings is 1. The summed E-state index contributed by atoms with van der Waals surface area (Å²) in [6, 6.07) is 22.5. The van der Waals surface area contributed by atoms with Crippen LogP contribution in [0.2, 0.25) is 0 Å². The quantitative estimate of drug-likeness (QED) is 0.608. The first-order chi connectivity index (χ1) is 15.6. The van der Waals surface area contributed by atoms with E-state index in [4.69, 9.17) is 4.74 Å². The molecule has 0 spiro atoms. The number of sulfonamides is 1.